The first-order chi connectivity index (χ1) is 8.16. The minimum Gasteiger partial charge on any atom is -0.455 e. The van der Waals surface area contributed by atoms with Crippen LogP contribution in [0.25, 0.3) is 0 Å². The number of hydrogen-bond donors (Lipinski definition) is 0. The molecule has 5 nitrogen and oxygen atoms in total. The Labute approximate surface area is 103 Å². The van der Waals surface area contributed by atoms with E-state index < -0.39 is 42.3 Å². The normalized spacial score (nSPS) is 34.8. The first-order valence-corrected chi connectivity index (χ1v) is 5.54. The van der Waals surface area contributed by atoms with Crippen molar-refractivity contribution in [2.45, 2.75) is 52.1 Å². The number of esters is 2. The van der Waals surface area contributed by atoms with Crippen LogP contribution < -0.4 is 0 Å². The van der Waals surface area contributed by atoms with Gasteiger partial charge in [-0.1, -0.05) is 6.92 Å². The molecule has 0 aromatic rings. The summed E-state index contributed by atoms with van der Waals surface area (Å²) in [6.07, 6.45) is -4.34. The average molecular weight is 266 g/mol. The van der Waals surface area contributed by atoms with E-state index in [4.69, 9.17) is 4.74 Å². The van der Waals surface area contributed by atoms with E-state index in [2.05, 4.69) is 9.47 Å². The number of alkyl halides is 2. The molecule has 1 fully saturated rings. The summed E-state index contributed by atoms with van der Waals surface area (Å²) in [6, 6.07) is 0. The van der Waals surface area contributed by atoms with Crippen LogP contribution in [0.3, 0.4) is 0 Å². The molecule has 1 aliphatic rings. The summed E-state index contributed by atoms with van der Waals surface area (Å²) in [5.41, 5.74) is 0. The third kappa shape index (κ3) is 2.95. The summed E-state index contributed by atoms with van der Waals surface area (Å²) in [7, 11) is 0. The van der Waals surface area contributed by atoms with Crippen LogP contribution in [0, 0.1) is 5.92 Å². The lowest BCUT2D eigenvalue weighted by molar-refractivity contribution is -0.333. The van der Waals surface area contributed by atoms with Crippen molar-refractivity contribution < 1.29 is 32.6 Å². The molecule has 0 bridgehead atoms. The lowest BCUT2D eigenvalue weighted by Gasteiger charge is -2.42. The Morgan fingerprint density at radius 2 is 1.61 bits per heavy atom. The molecule has 18 heavy (non-hydrogen) atoms. The van der Waals surface area contributed by atoms with Crippen molar-refractivity contribution in [1.29, 1.82) is 0 Å². The Kier molecular flexibility index (Phi) is 4.26. The average Bonchev–Trinajstić information content (AvgIpc) is 2.21. The summed E-state index contributed by atoms with van der Waals surface area (Å²) >= 11 is 0. The summed E-state index contributed by atoms with van der Waals surface area (Å²) < 4.78 is 42.0. The minimum atomic E-state index is -3.58. The second-order valence-electron chi connectivity index (χ2n) is 4.35. The lowest BCUT2D eigenvalue weighted by Crippen LogP contribution is -2.60. The molecule has 1 saturated heterocycles. The highest BCUT2D eigenvalue weighted by Gasteiger charge is 2.59. The van der Waals surface area contributed by atoms with Gasteiger partial charge < -0.3 is 14.2 Å². The van der Waals surface area contributed by atoms with Gasteiger partial charge >= 0.3 is 17.9 Å². The van der Waals surface area contributed by atoms with Gasteiger partial charge in [0.15, 0.2) is 6.10 Å². The standard InChI is InChI=1S/C11H16F2O5/c1-5-6(2)16-10(18-8(4)15)11(12,13)9(5)17-7(3)14/h5-6,9-10H,1-4H3/t5-,6+,9-,10+/m1/s1. The second kappa shape index (κ2) is 5.17. The van der Waals surface area contributed by atoms with E-state index in [9.17, 15) is 18.4 Å². The fraction of sp³-hybridized carbons (Fsp3) is 0.818. The molecular formula is C11H16F2O5. The molecule has 104 valence electrons. The molecule has 1 rings (SSSR count). The molecule has 0 N–H and O–H groups in total. The molecule has 0 aliphatic carbocycles. The molecule has 0 aromatic carbocycles. The molecule has 1 aliphatic heterocycles. The van der Waals surface area contributed by atoms with Crippen LogP contribution >= 0.6 is 0 Å². The fourth-order valence-electron chi connectivity index (χ4n) is 1.76. The van der Waals surface area contributed by atoms with Gasteiger partial charge in [-0.05, 0) is 6.92 Å². The van der Waals surface area contributed by atoms with E-state index in [0.29, 0.717) is 0 Å². The summed E-state index contributed by atoms with van der Waals surface area (Å²) in [6.45, 7) is 5.08. The number of carbonyl (C=O) groups excluding carboxylic acids is 2. The van der Waals surface area contributed by atoms with E-state index >= 15 is 0 Å². The van der Waals surface area contributed by atoms with Gasteiger partial charge in [0.2, 0.25) is 0 Å². The van der Waals surface area contributed by atoms with Gasteiger partial charge in [-0.25, -0.2) is 0 Å². The van der Waals surface area contributed by atoms with E-state index in [0.717, 1.165) is 13.8 Å². The van der Waals surface area contributed by atoms with Gasteiger partial charge in [-0.15, -0.1) is 0 Å². The number of ether oxygens (including phenoxy) is 3. The van der Waals surface area contributed by atoms with Gasteiger partial charge in [0.1, 0.15) is 0 Å². The molecule has 0 saturated carbocycles. The maximum absolute atomic E-state index is 14.0. The second-order valence-corrected chi connectivity index (χ2v) is 4.35. The molecule has 0 spiro atoms. The highest BCUT2D eigenvalue weighted by molar-refractivity contribution is 5.67. The number of hydrogen-bond acceptors (Lipinski definition) is 5. The van der Waals surface area contributed by atoms with Crippen molar-refractivity contribution in [3.8, 4) is 0 Å². The summed E-state index contributed by atoms with van der Waals surface area (Å²) in [5.74, 6) is -6.00. The predicted molar refractivity (Wildman–Crippen MR) is 55.8 cm³/mol. The molecule has 0 radical (unpaired) electrons. The molecule has 7 heteroatoms. The quantitative estimate of drug-likeness (QED) is 0.709. The number of halogens is 2. The van der Waals surface area contributed by atoms with Crippen molar-refractivity contribution in [1.82, 2.24) is 0 Å². The van der Waals surface area contributed by atoms with Gasteiger partial charge in [0.25, 0.3) is 6.29 Å². The van der Waals surface area contributed by atoms with E-state index in [-0.39, 0.29) is 0 Å². The first kappa shape index (κ1) is 14.8. The molecule has 0 unspecified atom stereocenters. The Hall–Kier alpha value is -1.24. The van der Waals surface area contributed by atoms with E-state index in [1.165, 1.54) is 6.92 Å². The molecule has 0 amide bonds. The zero-order valence-corrected chi connectivity index (χ0v) is 10.6. The molecule has 1 heterocycles. The zero-order chi connectivity index (χ0) is 14.1. The SMILES string of the molecule is CC(=O)O[C@@H]1O[C@@H](C)[C@@H](C)[C@@H](OC(C)=O)C1(F)F. The Morgan fingerprint density at radius 1 is 1.11 bits per heavy atom. The van der Waals surface area contributed by atoms with E-state index in [1.807, 2.05) is 0 Å². The maximum atomic E-state index is 14.0. The zero-order valence-electron chi connectivity index (χ0n) is 10.6. The Balaban J connectivity index is 2.97. The third-order valence-corrected chi connectivity index (χ3v) is 2.82. The highest BCUT2D eigenvalue weighted by Crippen LogP contribution is 2.40. The highest BCUT2D eigenvalue weighted by atomic mass is 19.3. The number of rotatable bonds is 2. The van der Waals surface area contributed by atoms with Gasteiger partial charge in [-0.2, -0.15) is 8.78 Å². The summed E-state index contributed by atoms with van der Waals surface area (Å²) in [5, 5.41) is 0. The van der Waals surface area contributed by atoms with Crippen molar-refractivity contribution in [3.05, 3.63) is 0 Å². The van der Waals surface area contributed by atoms with Crippen LogP contribution in [-0.4, -0.2) is 36.4 Å². The third-order valence-electron chi connectivity index (χ3n) is 2.82. The van der Waals surface area contributed by atoms with Crippen molar-refractivity contribution in [3.63, 3.8) is 0 Å². The molecule has 4 atom stereocenters. The van der Waals surface area contributed by atoms with Gasteiger partial charge in [-0.3, -0.25) is 9.59 Å². The van der Waals surface area contributed by atoms with Gasteiger partial charge in [0, 0.05) is 19.8 Å². The van der Waals surface area contributed by atoms with Crippen LogP contribution in [0.15, 0.2) is 0 Å². The monoisotopic (exact) mass is 266 g/mol. The first-order valence-electron chi connectivity index (χ1n) is 5.54. The summed E-state index contributed by atoms with van der Waals surface area (Å²) in [4.78, 5) is 21.7. The van der Waals surface area contributed by atoms with Crippen molar-refractivity contribution in [2.75, 3.05) is 0 Å². The topological polar surface area (TPSA) is 61.8 Å². The Morgan fingerprint density at radius 3 is 2.06 bits per heavy atom. The Bertz CT molecular complexity index is 344. The van der Waals surface area contributed by atoms with Crippen molar-refractivity contribution >= 4 is 11.9 Å². The lowest BCUT2D eigenvalue weighted by atomic mass is 9.90. The molecular weight excluding hydrogens is 250 g/mol. The van der Waals surface area contributed by atoms with Gasteiger partial charge in [0.05, 0.1) is 6.10 Å². The maximum Gasteiger partial charge on any atom is 0.345 e. The van der Waals surface area contributed by atoms with Crippen LogP contribution in [0.5, 0.6) is 0 Å². The minimum absolute atomic E-state index is 0.627. The largest absolute Gasteiger partial charge is 0.455 e. The van der Waals surface area contributed by atoms with Crippen LogP contribution in [0.1, 0.15) is 27.7 Å². The van der Waals surface area contributed by atoms with Crippen LogP contribution in [0.2, 0.25) is 0 Å². The smallest absolute Gasteiger partial charge is 0.345 e. The van der Waals surface area contributed by atoms with E-state index in [1.54, 1.807) is 6.92 Å². The van der Waals surface area contributed by atoms with Crippen molar-refractivity contribution in [2.24, 2.45) is 5.92 Å². The number of carbonyl (C=O) groups is 2. The predicted octanol–water partition coefficient (Wildman–Crippen LogP) is 1.50. The van der Waals surface area contributed by atoms with Crippen LogP contribution in [-0.2, 0) is 23.8 Å². The molecule has 0 aromatic heterocycles. The fourth-order valence-corrected chi connectivity index (χ4v) is 1.76. The van der Waals surface area contributed by atoms with Crippen LogP contribution in [0.4, 0.5) is 8.78 Å².